The van der Waals surface area contributed by atoms with E-state index in [4.69, 9.17) is 0 Å². The van der Waals surface area contributed by atoms with Crippen LogP contribution in [0.1, 0.15) is 53.8 Å². The maximum Gasteiger partial charge on any atom is 0.274 e. The van der Waals surface area contributed by atoms with Crippen LogP contribution in [0.5, 0.6) is 0 Å². The molecular weight excluding hydrogens is 326 g/mol. The number of carbonyl (C=O) groups excluding carboxylic acids is 1. The molecule has 1 amide bonds. The highest BCUT2D eigenvalue weighted by molar-refractivity contribution is 5.94. The zero-order valence-corrected chi connectivity index (χ0v) is 15.0. The Kier molecular flexibility index (Phi) is 5.79. The summed E-state index contributed by atoms with van der Waals surface area (Å²) in [4.78, 5) is 17.5. The van der Waals surface area contributed by atoms with E-state index in [0.29, 0.717) is 5.69 Å². The van der Waals surface area contributed by atoms with E-state index in [2.05, 4.69) is 20.4 Å². The smallest absolute Gasteiger partial charge is 0.274 e. The second-order valence-electron chi connectivity index (χ2n) is 7.08. The van der Waals surface area contributed by atoms with Gasteiger partial charge in [-0.25, -0.2) is 0 Å². The van der Waals surface area contributed by atoms with Gasteiger partial charge in [0.05, 0.1) is 0 Å². The van der Waals surface area contributed by atoms with Crippen molar-refractivity contribution < 1.29 is 4.79 Å². The molecule has 3 heterocycles. The van der Waals surface area contributed by atoms with Crippen molar-refractivity contribution >= 4 is 18.3 Å². The van der Waals surface area contributed by atoms with E-state index < -0.39 is 0 Å². The summed E-state index contributed by atoms with van der Waals surface area (Å²) >= 11 is 0. The molecule has 1 aromatic rings. The average molecular weight is 354 g/mol. The minimum atomic E-state index is 0. The van der Waals surface area contributed by atoms with Gasteiger partial charge in [-0.05, 0) is 19.3 Å². The van der Waals surface area contributed by atoms with E-state index in [-0.39, 0.29) is 18.3 Å². The van der Waals surface area contributed by atoms with Crippen molar-refractivity contribution in [3.8, 4) is 0 Å². The number of H-pyrrole nitrogens is 1. The van der Waals surface area contributed by atoms with Crippen molar-refractivity contribution in [3.63, 3.8) is 0 Å². The Morgan fingerprint density at radius 2 is 1.92 bits per heavy atom. The molecule has 0 radical (unpaired) electrons. The zero-order valence-electron chi connectivity index (χ0n) is 14.2. The molecule has 4 rings (SSSR count). The number of nitrogens with zero attached hydrogens (tertiary/aromatic N) is 3. The molecule has 1 saturated heterocycles. The second-order valence-corrected chi connectivity index (χ2v) is 7.08. The number of halogens is 1. The molecule has 2 N–H and O–H groups in total. The number of aromatic nitrogens is 2. The lowest BCUT2D eigenvalue weighted by molar-refractivity contribution is 0.0751. The van der Waals surface area contributed by atoms with Crippen LogP contribution in [0, 0.1) is 0 Å². The Morgan fingerprint density at radius 3 is 2.75 bits per heavy atom. The van der Waals surface area contributed by atoms with Gasteiger partial charge in [0, 0.05) is 63.0 Å². The molecule has 2 fully saturated rings. The van der Waals surface area contributed by atoms with Crippen molar-refractivity contribution in [1.82, 2.24) is 25.3 Å². The largest absolute Gasteiger partial charge is 0.336 e. The van der Waals surface area contributed by atoms with Crippen LogP contribution in [-0.4, -0.2) is 64.7 Å². The van der Waals surface area contributed by atoms with Crippen molar-refractivity contribution in [2.45, 2.75) is 51.1 Å². The second kappa shape index (κ2) is 7.85. The summed E-state index contributed by atoms with van der Waals surface area (Å²) in [5.74, 6) is 0.111. The molecule has 0 unspecified atom stereocenters. The molecule has 2 aliphatic heterocycles. The van der Waals surface area contributed by atoms with E-state index in [1.54, 1.807) is 0 Å². The van der Waals surface area contributed by atoms with Gasteiger partial charge in [0.1, 0.15) is 0 Å². The van der Waals surface area contributed by atoms with Gasteiger partial charge in [0.15, 0.2) is 5.69 Å². The average Bonchev–Trinajstić information content (AvgIpc) is 3.19. The first-order chi connectivity index (χ1) is 11.3. The number of hydrogen-bond donors (Lipinski definition) is 2. The molecule has 1 aliphatic carbocycles. The van der Waals surface area contributed by atoms with E-state index in [1.807, 2.05) is 4.90 Å². The number of hydrogen-bond acceptors (Lipinski definition) is 4. The van der Waals surface area contributed by atoms with Gasteiger partial charge in [-0.1, -0.05) is 12.8 Å². The van der Waals surface area contributed by atoms with E-state index in [0.717, 1.165) is 69.4 Å². The first-order valence-electron chi connectivity index (χ1n) is 9.13. The molecule has 0 aromatic carbocycles. The van der Waals surface area contributed by atoms with Crippen LogP contribution in [0.25, 0.3) is 0 Å². The van der Waals surface area contributed by atoms with Crippen molar-refractivity contribution in [2.75, 3.05) is 32.7 Å². The fraction of sp³-hybridized carbons (Fsp3) is 0.765. The number of carbonyl (C=O) groups is 1. The van der Waals surface area contributed by atoms with Crippen LogP contribution < -0.4 is 5.32 Å². The number of nitrogens with one attached hydrogen (secondary N) is 2. The molecule has 1 saturated carbocycles. The predicted molar refractivity (Wildman–Crippen MR) is 95.6 cm³/mol. The Labute approximate surface area is 149 Å². The number of fused-ring (bicyclic) bond motifs is 1. The van der Waals surface area contributed by atoms with Crippen LogP contribution in [0.15, 0.2) is 0 Å². The third kappa shape index (κ3) is 3.46. The molecule has 24 heavy (non-hydrogen) atoms. The van der Waals surface area contributed by atoms with Crippen molar-refractivity contribution in [1.29, 1.82) is 0 Å². The molecule has 0 atom stereocenters. The third-order valence-electron chi connectivity index (χ3n) is 5.67. The van der Waals surface area contributed by atoms with Gasteiger partial charge in [-0.3, -0.25) is 14.8 Å². The highest BCUT2D eigenvalue weighted by Crippen LogP contribution is 2.25. The SMILES string of the molecule is Cl.O=C(c1n[nH]c2c1CNCC2)N1CCCN(C2CCCC2)CC1. The fourth-order valence-electron chi connectivity index (χ4n) is 4.33. The minimum absolute atomic E-state index is 0. The Balaban J connectivity index is 0.00000169. The van der Waals surface area contributed by atoms with Crippen LogP contribution in [0.3, 0.4) is 0 Å². The maximum absolute atomic E-state index is 12.9. The zero-order chi connectivity index (χ0) is 15.6. The lowest BCUT2D eigenvalue weighted by Crippen LogP contribution is -2.39. The lowest BCUT2D eigenvalue weighted by atomic mass is 10.1. The van der Waals surface area contributed by atoms with Gasteiger partial charge in [-0.15, -0.1) is 12.4 Å². The Morgan fingerprint density at radius 1 is 1.08 bits per heavy atom. The van der Waals surface area contributed by atoms with Crippen LogP contribution in [0.2, 0.25) is 0 Å². The summed E-state index contributed by atoms with van der Waals surface area (Å²) in [6.45, 7) is 5.56. The van der Waals surface area contributed by atoms with Crippen LogP contribution in [-0.2, 0) is 13.0 Å². The molecule has 134 valence electrons. The predicted octanol–water partition coefficient (Wildman–Crippen LogP) is 1.57. The number of aromatic amines is 1. The summed E-state index contributed by atoms with van der Waals surface area (Å²) < 4.78 is 0. The van der Waals surface area contributed by atoms with Gasteiger partial charge >= 0.3 is 0 Å². The topological polar surface area (TPSA) is 64.3 Å². The highest BCUT2D eigenvalue weighted by Gasteiger charge is 2.29. The summed E-state index contributed by atoms with van der Waals surface area (Å²) in [5.41, 5.74) is 2.86. The summed E-state index contributed by atoms with van der Waals surface area (Å²) in [5, 5.41) is 10.7. The summed E-state index contributed by atoms with van der Waals surface area (Å²) in [6, 6.07) is 0.757. The molecule has 3 aliphatic rings. The molecule has 0 bridgehead atoms. The first kappa shape index (κ1) is 17.7. The third-order valence-corrected chi connectivity index (χ3v) is 5.67. The summed E-state index contributed by atoms with van der Waals surface area (Å²) in [7, 11) is 0. The molecule has 0 spiro atoms. The number of rotatable bonds is 2. The Hall–Kier alpha value is -1.11. The van der Waals surface area contributed by atoms with Gasteiger partial charge < -0.3 is 10.2 Å². The van der Waals surface area contributed by atoms with Crippen LogP contribution >= 0.6 is 12.4 Å². The van der Waals surface area contributed by atoms with E-state index >= 15 is 0 Å². The normalized spacial score (nSPS) is 22.8. The molecular formula is C17H28ClN5O. The maximum atomic E-state index is 12.9. The van der Waals surface area contributed by atoms with E-state index in [1.165, 1.54) is 25.7 Å². The van der Waals surface area contributed by atoms with Crippen molar-refractivity contribution in [2.24, 2.45) is 0 Å². The fourth-order valence-corrected chi connectivity index (χ4v) is 4.33. The molecule has 1 aromatic heterocycles. The molecule has 7 heteroatoms. The quantitative estimate of drug-likeness (QED) is 0.847. The minimum Gasteiger partial charge on any atom is -0.336 e. The standard InChI is InChI=1S/C17H27N5O.ClH/c23-17(16-14-12-18-7-6-15(14)19-20-16)22-9-3-8-21(10-11-22)13-4-1-2-5-13;/h13,18H,1-12H2,(H,19,20);1H. The van der Waals surface area contributed by atoms with Gasteiger partial charge in [-0.2, -0.15) is 5.10 Å². The van der Waals surface area contributed by atoms with Gasteiger partial charge in [0.25, 0.3) is 5.91 Å². The Bertz CT molecular complexity index is 569. The highest BCUT2D eigenvalue weighted by atomic mass is 35.5. The monoisotopic (exact) mass is 353 g/mol. The first-order valence-corrected chi connectivity index (χ1v) is 9.13. The summed E-state index contributed by atoms with van der Waals surface area (Å²) in [6.07, 6.45) is 7.43. The van der Waals surface area contributed by atoms with Gasteiger partial charge in [0.2, 0.25) is 0 Å². The van der Waals surface area contributed by atoms with E-state index in [9.17, 15) is 4.79 Å². The van der Waals surface area contributed by atoms with Crippen LogP contribution in [0.4, 0.5) is 0 Å². The molecule has 6 nitrogen and oxygen atoms in total. The van der Waals surface area contributed by atoms with Crippen molar-refractivity contribution in [3.05, 3.63) is 17.0 Å². The number of amides is 1. The lowest BCUT2D eigenvalue weighted by Gasteiger charge is -2.27.